The fraction of sp³-hybridized carbons (Fsp3) is 0.562. The van der Waals surface area contributed by atoms with E-state index in [0.29, 0.717) is 0 Å². The highest BCUT2D eigenvalue weighted by Crippen LogP contribution is 2.26. The Bertz CT molecular complexity index is 513. The minimum absolute atomic E-state index is 0.0345. The van der Waals surface area contributed by atoms with Crippen LogP contribution in [0.15, 0.2) is 24.3 Å². The number of hydrogen-bond acceptors (Lipinski definition) is 3. The van der Waals surface area contributed by atoms with Crippen LogP contribution in [-0.4, -0.2) is 16.4 Å². The van der Waals surface area contributed by atoms with E-state index in [9.17, 15) is 14.9 Å². The first-order valence-corrected chi connectivity index (χ1v) is 7.03. The molecular weight excluding hydrogens is 268 g/mol. The van der Waals surface area contributed by atoms with E-state index >= 15 is 0 Å². The first kappa shape index (κ1) is 17.1. The van der Waals surface area contributed by atoms with Crippen LogP contribution < -0.4 is 5.32 Å². The summed E-state index contributed by atoms with van der Waals surface area (Å²) in [7, 11) is 0. The topological polar surface area (TPSA) is 72.2 Å². The van der Waals surface area contributed by atoms with Gasteiger partial charge in [0.1, 0.15) is 0 Å². The van der Waals surface area contributed by atoms with Gasteiger partial charge in [-0.2, -0.15) is 0 Å². The van der Waals surface area contributed by atoms with Crippen LogP contribution in [0, 0.1) is 15.5 Å². The quantitative estimate of drug-likeness (QED) is 0.667. The molecule has 0 aromatic heterocycles. The summed E-state index contributed by atoms with van der Waals surface area (Å²) < 4.78 is 0. The Morgan fingerprint density at radius 3 is 2.10 bits per heavy atom. The van der Waals surface area contributed by atoms with Crippen molar-refractivity contribution in [3.8, 4) is 0 Å². The van der Waals surface area contributed by atoms with E-state index in [4.69, 9.17) is 0 Å². The Balaban J connectivity index is 2.63. The third-order valence-electron chi connectivity index (χ3n) is 2.96. The van der Waals surface area contributed by atoms with Crippen molar-refractivity contribution in [2.75, 3.05) is 0 Å². The Kier molecular flexibility index (Phi) is 5.10. The lowest BCUT2D eigenvalue weighted by Gasteiger charge is -2.33. The van der Waals surface area contributed by atoms with Crippen LogP contribution in [0.1, 0.15) is 46.6 Å². The van der Waals surface area contributed by atoms with Gasteiger partial charge >= 0.3 is 0 Å². The number of rotatable bonds is 5. The fourth-order valence-electron chi connectivity index (χ4n) is 2.71. The van der Waals surface area contributed by atoms with Crippen LogP contribution in [0.3, 0.4) is 0 Å². The van der Waals surface area contributed by atoms with Gasteiger partial charge in [-0.05, 0) is 31.2 Å². The highest BCUT2D eigenvalue weighted by atomic mass is 16.6. The standard InChI is InChI=1S/C16H24N2O3/c1-15(2,3)11-16(4,5)17-14(19)10-12-6-8-13(9-7-12)18(20)21/h6-9H,10-11H2,1-5H3,(H,17,19). The van der Waals surface area contributed by atoms with Crippen LogP contribution in [0.4, 0.5) is 5.69 Å². The van der Waals surface area contributed by atoms with Gasteiger partial charge in [0.15, 0.2) is 0 Å². The summed E-state index contributed by atoms with van der Waals surface area (Å²) >= 11 is 0. The van der Waals surface area contributed by atoms with Crippen molar-refractivity contribution in [2.45, 2.75) is 53.0 Å². The predicted octanol–water partition coefficient (Wildman–Crippen LogP) is 3.47. The van der Waals surface area contributed by atoms with Crippen LogP contribution in [0.5, 0.6) is 0 Å². The van der Waals surface area contributed by atoms with Gasteiger partial charge in [0.25, 0.3) is 5.69 Å². The number of hydrogen-bond donors (Lipinski definition) is 1. The van der Waals surface area contributed by atoms with Gasteiger partial charge in [-0.1, -0.05) is 32.9 Å². The lowest BCUT2D eigenvalue weighted by atomic mass is 9.81. The normalized spacial score (nSPS) is 12.0. The molecule has 0 saturated heterocycles. The van der Waals surface area contributed by atoms with E-state index in [0.717, 1.165) is 12.0 Å². The molecule has 0 aliphatic heterocycles. The van der Waals surface area contributed by atoms with Gasteiger partial charge in [0.05, 0.1) is 11.3 Å². The summed E-state index contributed by atoms with van der Waals surface area (Å²) in [5.41, 5.74) is 0.650. The highest BCUT2D eigenvalue weighted by Gasteiger charge is 2.26. The Morgan fingerprint density at radius 2 is 1.67 bits per heavy atom. The number of nitrogens with zero attached hydrogens (tertiary/aromatic N) is 1. The van der Waals surface area contributed by atoms with Gasteiger partial charge in [0, 0.05) is 17.7 Å². The lowest BCUT2D eigenvalue weighted by Crippen LogP contribution is -2.46. The van der Waals surface area contributed by atoms with E-state index in [1.54, 1.807) is 12.1 Å². The molecule has 0 atom stereocenters. The van der Waals surface area contributed by atoms with Gasteiger partial charge in [-0.15, -0.1) is 0 Å². The van der Waals surface area contributed by atoms with Crippen LogP contribution in [-0.2, 0) is 11.2 Å². The number of nitro groups is 1. The number of carbonyl (C=O) groups excluding carboxylic acids is 1. The smallest absolute Gasteiger partial charge is 0.269 e. The summed E-state index contributed by atoms with van der Waals surface area (Å²) in [6.07, 6.45) is 1.09. The summed E-state index contributed by atoms with van der Waals surface area (Å²) in [6.45, 7) is 10.4. The summed E-state index contributed by atoms with van der Waals surface area (Å²) in [6, 6.07) is 6.08. The first-order valence-electron chi connectivity index (χ1n) is 7.03. The Labute approximate surface area is 125 Å². The van der Waals surface area contributed by atoms with Gasteiger partial charge in [0.2, 0.25) is 5.91 Å². The minimum atomic E-state index is -0.448. The van der Waals surface area contributed by atoms with Crippen LogP contribution in [0.25, 0.3) is 0 Å². The monoisotopic (exact) mass is 292 g/mol. The molecule has 1 aromatic rings. The third-order valence-corrected chi connectivity index (χ3v) is 2.96. The molecule has 1 aromatic carbocycles. The molecule has 0 bridgehead atoms. The van der Waals surface area contributed by atoms with Gasteiger partial charge < -0.3 is 5.32 Å². The first-order chi connectivity index (χ1) is 9.48. The van der Waals surface area contributed by atoms with E-state index in [2.05, 4.69) is 26.1 Å². The maximum atomic E-state index is 12.1. The van der Waals surface area contributed by atoms with Crippen molar-refractivity contribution in [2.24, 2.45) is 5.41 Å². The zero-order valence-corrected chi connectivity index (χ0v) is 13.4. The second-order valence-corrected chi connectivity index (χ2v) is 7.27. The number of benzene rings is 1. The number of carbonyl (C=O) groups is 1. The van der Waals surface area contributed by atoms with E-state index in [1.807, 2.05) is 13.8 Å². The van der Waals surface area contributed by atoms with Crippen LogP contribution >= 0.6 is 0 Å². The lowest BCUT2D eigenvalue weighted by molar-refractivity contribution is -0.384. The largest absolute Gasteiger partial charge is 0.351 e. The zero-order chi connectivity index (χ0) is 16.3. The van der Waals surface area contributed by atoms with Crippen molar-refractivity contribution in [1.29, 1.82) is 0 Å². The van der Waals surface area contributed by atoms with Crippen molar-refractivity contribution in [3.63, 3.8) is 0 Å². The minimum Gasteiger partial charge on any atom is -0.351 e. The Hall–Kier alpha value is -1.91. The van der Waals surface area contributed by atoms with Crippen molar-refractivity contribution in [3.05, 3.63) is 39.9 Å². The third kappa shape index (κ3) is 6.38. The highest BCUT2D eigenvalue weighted by molar-refractivity contribution is 5.79. The summed E-state index contributed by atoms with van der Waals surface area (Å²) in [5, 5.41) is 13.6. The second kappa shape index (κ2) is 6.24. The fourth-order valence-corrected chi connectivity index (χ4v) is 2.71. The summed E-state index contributed by atoms with van der Waals surface area (Å²) in [5.74, 6) is -0.0712. The van der Waals surface area contributed by atoms with Gasteiger partial charge in [-0.25, -0.2) is 0 Å². The maximum Gasteiger partial charge on any atom is 0.269 e. The Morgan fingerprint density at radius 1 is 1.14 bits per heavy atom. The van der Waals surface area contributed by atoms with Crippen molar-refractivity contribution in [1.82, 2.24) is 5.32 Å². The summed E-state index contributed by atoms with van der Waals surface area (Å²) in [4.78, 5) is 22.2. The van der Waals surface area contributed by atoms with E-state index in [-0.39, 0.29) is 29.0 Å². The average molecular weight is 292 g/mol. The van der Waals surface area contributed by atoms with E-state index in [1.165, 1.54) is 12.1 Å². The van der Waals surface area contributed by atoms with Crippen molar-refractivity contribution >= 4 is 11.6 Å². The van der Waals surface area contributed by atoms with Crippen LogP contribution in [0.2, 0.25) is 0 Å². The molecule has 0 saturated carbocycles. The molecule has 0 radical (unpaired) electrons. The molecule has 5 nitrogen and oxygen atoms in total. The maximum absolute atomic E-state index is 12.1. The number of non-ortho nitro benzene ring substituents is 1. The molecule has 0 unspecified atom stereocenters. The molecule has 5 heteroatoms. The molecule has 21 heavy (non-hydrogen) atoms. The molecule has 116 valence electrons. The predicted molar refractivity (Wildman–Crippen MR) is 83.1 cm³/mol. The van der Waals surface area contributed by atoms with Crippen molar-refractivity contribution < 1.29 is 9.72 Å². The molecule has 1 amide bonds. The second-order valence-electron chi connectivity index (χ2n) is 7.27. The molecule has 0 aliphatic rings. The average Bonchev–Trinajstić information content (AvgIpc) is 2.24. The van der Waals surface area contributed by atoms with Gasteiger partial charge in [-0.3, -0.25) is 14.9 Å². The number of nitrogens with one attached hydrogen (secondary N) is 1. The number of amides is 1. The number of nitro benzene ring substituents is 1. The molecule has 1 N–H and O–H groups in total. The molecular formula is C16H24N2O3. The SMILES string of the molecule is CC(C)(C)CC(C)(C)NC(=O)Cc1ccc([N+](=O)[O-])cc1. The molecule has 1 rings (SSSR count). The van der Waals surface area contributed by atoms with E-state index < -0.39 is 4.92 Å². The molecule has 0 spiro atoms. The molecule has 0 aliphatic carbocycles. The zero-order valence-electron chi connectivity index (χ0n) is 13.4. The molecule has 0 heterocycles. The molecule has 0 fully saturated rings.